The summed E-state index contributed by atoms with van der Waals surface area (Å²) in [7, 11) is 0. The quantitative estimate of drug-likeness (QED) is 0.613. The average Bonchev–Trinajstić information content (AvgIpc) is 3.55. The monoisotopic (exact) mass is 428 g/mol. The van der Waals surface area contributed by atoms with Crippen molar-refractivity contribution in [2.75, 3.05) is 31.7 Å². The van der Waals surface area contributed by atoms with Crippen molar-refractivity contribution in [2.24, 2.45) is 12.9 Å². The minimum Gasteiger partial charge on any atom is -0.466 e. The van der Waals surface area contributed by atoms with E-state index in [-0.39, 0.29) is 42.7 Å². The van der Waals surface area contributed by atoms with E-state index in [0.29, 0.717) is 29.9 Å². The largest absolute Gasteiger partial charge is 0.466 e. The number of nitrogens with one attached hydrogen (secondary N) is 1. The first-order chi connectivity index (χ1) is 16.2. The Morgan fingerprint density at radius 3 is 2.94 bits per heavy atom. The van der Waals surface area contributed by atoms with Crippen LogP contribution in [0.3, 0.4) is 0 Å². The van der Waals surface area contributed by atoms with Gasteiger partial charge in [-0.2, -0.15) is 10.2 Å². The molecule has 5 heterocycles. The van der Waals surface area contributed by atoms with E-state index in [9.17, 15) is 10.4 Å². The number of fused-ring (bicyclic) bond motifs is 1. The van der Waals surface area contributed by atoms with Gasteiger partial charge < -0.3 is 29.2 Å². The van der Waals surface area contributed by atoms with Crippen molar-refractivity contribution in [3.63, 3.8) is 0 Å². The Hall–Kier alpha value is -3.20. The second-order valence-electron chi connectivity index (χ2n) is 7.74. The number of aromatic nitrogens is 5. The molecule has 0 unspecified atom stereocenters. The summed E-state index contributed by atoms with van der Waals surface area (Å²) in [4.78, 5) is 8.92. The molecule has 0 aliphatic carbocycles. The van der Waals surface area contributed by atoms with E-state index in [2.05, 4.69) is 33.4 Å². The molecule has 3 aromatic rings. The van der Waals surface area contributed by atoms with Gasteiger partial charge in [0.25, 0.3) is 5.88 Å². The van der Waals surface area contributed by atoms with Gasteiger partial charge in [0.05, 0.1) is 38.7 Å². The van der Waals surface area contributed by atoms with Crippen LogP contribution in [0.15, 0.2) is 18.5 Å². The number of nitriles is 1. The van der Waals surface area contributed by atoms with Crippen molar-refractivity contribution in [2.45, 2.75) is 25.2 Å². The molecule has 0 saturated carbocycles. The number of ether oxygens (including phenoxy) is 3. The number of hydrogen-bond donors (Lipinski definition) is 2. The molecule has 0 radical (unpaired) electrons. The van der Waals surface area contributed by atoms with Crippen LogP contribution in [0.5, 0.6) is 5.88 Å². The predicted octanol–water partition coefficient (Wildman–Crippen LogP) is 1.13. The van der Waals surface area contributed by atoms with Crippen LogP contribution >= 0.6 is 0 Å². The smallest absolute Gasteiger partial charge is 0.257 e. The number of anilines is 2. The van der Waals surface area contributed by atoms with Crippen LogP contribution in [0, 0.1) is 17.2 Å². The molecule has 5 rings (SSSR count). The lowest BCUT2D eigenvalue weighted by atomic mass is 10.1. The third-order valence-electron chi connectivity index (χ3n) is 5.54. The first-order valence-corrected chi connectivity index (χ1v) is 9.90. The van der Waals surface area contributed by atoms with Gasteiger partial charge in [0, 0.05) is 28.6 Å². The van der Waals surface area contributed by atoms with Crippen molar-refractivity contribution in [1.82, 2.24) is 24.3 Å². The number of nitrogens with zero attached hydrogens (tertiary/aromatic N) is 6. The standard InChI is InChI=1S/C20H23N7O4/c1-11-7-29-8-15(11)27-13(4-21)3-12-5-22-20(24-18(12)27)23-14-6-26(2)25-19(14)31-17-10-30-9-16(17)28/h3,5-6,11,15-17,28H,7-10H2,1-2H3,(H,22,23,24)/t11-,15-,16-,17-/m0/s1/i2D3. The van der Waals surface area contributed by atoms with Gasteiger partial charge in [-0.3, -0.25) is 4.68 Å². The zero-order chi connectivity index (χ0) is 24.0. The first kappa shape index (κ1) is 16.5. The second kappa shape index (κ2) is 7.81. The van der Waals surface area contributed by atoms with Crippen LogP contribution in [0.1, 0.15) is 22.8 Å². The Morgan fingerprint density at radius 2 is 2.23 bits per heavy atom. The molecule has 0 amide bonds. The van der Waals surface area contributed by atoms with Gasteiger partial charge in [-0.1, -0.05) is 6.92 Å². The van der Waals surface area contributed by atoms with Gasteiger partial charge >= 0.3 is 0 Å². The Morgan fingerprint density at radius 1 is 1.35 bits per heavy atom. The molecule has 0 spiro atoms. The Kier molecular flexibility index (Phi) is 4.15. The molecule has 2 fully saturated rings. The number of hydrogen-bond acceptors (Lipinski definition) is 9. The minimum atomic E-state index is -2.54. The number of aliphatic hydroxyl groups is 1. The Balaban J connectivity index is 1.51. The molecular weight excluding hydrogens is 402 g/mol. The van der Waals surface area contributed by atoms with E-state index in [1.165, 1.54) is 6.20 Å². The van der Waals surface area contributed by atoms with Gasteiger partial charge in [0.1, 0.15) is 29.2 Å². The summed E-state index contributed by atoms with van der Waals surface area (Å²) in [5, 5.41) is 27.4. The molecule has 11 nitrogen and oxygen atoms in total. The molecule has 31 heavy (non-hydrogen) atoms. The second-order valence-corrected chi connectivity index (χ2v) is 7.74. The van der Waals surface area contributed by atoms with Crippen LogP contribution in [0.2, 0.25) is 0 Å². The highest BCUT2D eigenvalue weighted by Crippen LogP contribution is 2.32. The maximum Gasteiger partial charge on any atom is 0.257 e. The third-order valence-corrected chi connectivity index (χ3v) is 5.54. The van der Waals surface area contributed by atoms with Gasteiger partial charge in [-0.15, -0.1) is 5.10 Å². The molecule has 2 aliphatic rings. The molecule has 0 aromatic carbocycles. The van der Waals surface area contributed by atoms with Crippen LogP contribution in [-0.4, -0.2) is 68.1 Å². The zero-order valence-electron chi connectivity index (χ0n) is 19.7. The summed E-state index contributed by atoms with van der Waals surface area (Å²) in [6.45, 7) is 0.852. The van der Waals surface area contributed by atoms with Crippen molar-refractivity contribution in [3.8, 4) is 11.9 Å². The lowest BCUT2D eigenvalue weighted by molar-refractivity contribution is 0.0704. The van der Waals surface area contributed by atoms with Crippen LogP contribution in [0.4, 0.5) is 11.6 Å². The van der Waals surface area contributed by atoms with Crippen molar-refractivity contribution >= 4 is 22.7 Å². The fraction of sp³-hybridized carbons (Fsp3) is 0.500. The lowest BCUT2D eigenvalue weighted by Crippen LogP contribution is -2.30. The molecule has 2 saturated heterocycles. The molecule has 4 atom stereocenters. The fourth-order valence-electron chi connectivity index (χ4n) is 3.90. The van der Waals surface area contributed by atoms with E-state index in [4.69, 9.17) is 18.3 Å². The summed E-state index contributed by atoms with van der Waals surface area (Å²) >= 11 is 0. The number of aryl methyl sites for hydroxylation is 1. The molecular formula is C20H23N7O4. The van der Waals surface area contributed by atoms with Crippen molar-refractivity contribution in [3.05, 3.63) is 24.2 Å². The first-order valence-electron chi connectivity index (χ1n) is 11.4. The van der Waals surface area contributed by atoms with E-state index < -0.39 is 19.2 Å². The van der Waals surface area contributed by atoms with E-state index in [1.54, 1.807) is 12.3 Å². The average molecular weight is 428 g/mol. The van der Waals surface area contributed by atoms with Gasteiger partial charge in [-0.05, 0) is 6.07 Å². The Bertz CT molecular complexity index is 1250. The highest BCUT2D eigenvalue weighted by atomic mass is 16.6. The summed E-state index contributed by atoms with van der Waals surface area (Å²) in [5.74, 6) is 0.341. The maximum atomic E-state index is 10.0. The zero-order valence-corrected chi connectivity index (χ0v) is 16.7. The summed E-state index contributed by atoms with van der Waals surface area (Å²) in [5.41, 5.74) is 1.23. The van der Waals surface area contributed by atoms with E-state index in [0.717, 1.165) is 4.68 Å². The SMILES string of the molecule is [2H]C([2H])([2H])n1cc(Nc2ncc3cc(C#N)n([C@H]4COC[C@@H]4C)c3n2)c(O[C@H]2COC[C@@H]2O)n1. The molecule has 0 bridgehead atoms. The van der Waals surface area contributed by atoms with Crippen LogP contribution in [0.25, 0.3) is 11.0 Å². The lowest BCUT2D eigenvalue weighted by Gasteiger charge is -2.18. The molecule has 2 N–H and O–H groups in total. The maximum absolute atomic E-state index is 10.0. The molecule has 162 valence electrons. The Labute approximate surface area is 182 Å². The number of rotatable bonds is 5. The van der Waals surface area contributed by atoms with Gasteiger partial charge in [-0.25, -0.2) is 4.98 Å². The third kappa shape index (κ3) is 3.59. The number of aliphatic hydroxyl groups excluding tert-OH is 1. The highest BCUT2D eigenvalue weighted by molar-refractivity contribution is 5.79. The van der Waals surface area contributed by atoms with Gasteiger partial charge in [0.2, 0.25) is 5.95 Å². The minimum absolute atomic E-state index is 0.0275. The van der Waals surface area contributed by atoms with Crippen LogP contribution in [-0.2, 0) is 16.4 Å². The van der Waals surface area contributed by atoms with Crippen LogP contribution < -0.4 is 10.1 Å². The molecule has 11 heteroatoms. The van der Waals surface area contributed by atoms with Crippen molar-refractivity contribution in [1.29, 1.82) is 5.26 Å². The summed E-state index contributed by atoms with van der Waals surface area (Å²) in [6.07, 6.45) is 1.31. The molecule has 2 aliphatic heterocycles. The normalized spacial score (nSPS) is 27.6. The van der Waals surface area contributed by atoms with E-state index in [1.807, 2.05) is 4.57 Å². The predicted molar refractivity (Wildman–Crippen MR) is 109 cm³/mol. The van der Waals surface area contributed by atoms with E-state index >= 15 is 0 Å². The topological polar surface area (TPSA) is 132 Å². The summed E-state index contributed by atoms with van der Waals surface area (Å²) < 4.78 is 42.2. The summed E-state index contributed by atoms with van der Waals surface area (Å²) in [6, 6.07) is 3.90. The van der Waals surface area contributed by atoms with Crippen molar-refractivity contribution < 1.29 is 23.4 Å². The fourth-order valence-corrected chi connectivity index (χ4v) is 3.90. The van der Waals surface area contributed by atoms with Gasteiger partial charge in [0.15, 0.2) is 6.10 Å². The molecule has 3 aromatic heterocycles. The highest BCUT2D eigenvalue weighted by Gasteiger charge is 2.31.